The fraction of sp³-hybridized carbons (Fsp3) is 0.316. The van der Waals surface area contributed by atoms with Gasteiger partial charge in [-0.15, -0.1) is 0 Å². The van der Waals surface area contributed by atoms with Crippen molar-refractivity contribution in [1.29, 1.82) is 0 Å². The number of carbonyl (C=O) groups excluding carboxylic acids is 1. The predicted molar refractivity (Wildman–Crippen MR) is 93.7 cm³/mol. The summed E-state index contributed by atoms with van der Waals surface area (Å²) in [4.78, 5) is 11.9. The largest absolute Gasteiger partial charge is 0.416 e. The minimum absolute atomic E-state index is 0.156. The van der Waals surface area contributed by atoms with Crippen molar-refractivity contribution in [2.45, 2.75) is 32.4 Å². The molecule has 2 aromatic carbocycles. The molecule has 3 nitrogen and oxygen atoms in total. The summed E-state index contributed by atoms with van der Waals surface area (Å²) in [6.45, 7) is 4.53. The number of benzene rings is 2. The lowest BCUT2D eigenvalue weighted by atomic mass is 10.0. The van der Waals surface area contributed by atoms with Crippen LogP contribution in [0.1, 0.15) is 37.3 Å². The van der Waals surface area contributed by atoms with E-state index in [1.54, 1.807) is 0 Å². The molecule has 0 aliphatic rings. The first-order chi connectivity index (χ1) is 11.8. The highest BCUT2D eigenvalue weighted by Gasteiger charge is 2.29. The van der Waals surface area contributed by atoms with Crippen molar-refractivity contribution in [3.05, 3.63) is 59.7 Å². The highest BCUT2D eigenvalue weighted by Crippen LogP contribution is 2.29. The number of carbonyl (C=O) groups is 1. The number of amides is 1. The van der Waals surface area contributed by atoms with Crippen LogP contribution in [0.15, 0.2) is 48.5 Å². The summed E-state index contributed by atoms with van der Waals surface area (Å²) in [5.41, 5.74) is 1.77. The third-order valence-corrected chi connectivity index (χ3v) is 3.75. The second-order valence-corrected chi connectivity index (χ2v) is 6.08. The van der Waals surface area contributed by atoms with E-state index >= 15 is 0 Å². The highest BCUT2D eigenvalue weighted by molar-refractivity contribution is 5.91. The van der Waals surface area contributed by atoms with E-state index in [0.717, 1.165) is 17.8 Å². The molecular formula is C19H21F3N2O. The molecule has 6 heteroatoms. The zero-order valence-corrected chi connectivity index (χ0v) is 14.2. The first-order valence-corrected chi connectivity index (χ1v) is 8.06. The third-order valence-electron chi connectivity index (χ3n) is 3.75. The second-order valence-electron chi connectivity index (χ2n) is 6.08. The van der Waals surface area contributed by atoms with Gasteiger partial charge in [0.2, 0.25) is 5.91 Å². The van der Waals surface area contributed by atoms with Crippen molar-refractivity contribution in [1.82, 2.24) is 0 Å². The van der Waals surface area contributed by atoms with E-state index in [1.165, 1.54) is 17.7 Å². The maximum atomic E-state index is 12.5. The monoisotopic (exact) mass is 350 g/mol. The normalized spacial score (nSPS) is 11.4. The second kappa shape index (κ2) is 8.05. The Kier molecular flexibility index (Phi) is 6.07. The molecule has 0 aliphatic heterocycles. The summed E-state index contributed by atoms with van der Waals surface area (Å²) in [7, 11) is 0. The van der Waals surface area contributed by atoms with E-state index in [1.807, 2.05) is 24.3 Å². The Morgan fingerprint density at radius 3 is 2.04 bits per heavy atom. The highest BCUT2D eigenvalue weighted by atomic mass is 19.4. The molecule has 25 heavy (non-hydrogen) atoms. The van der Waals surface area contributed by atoms with Crippen LogP contribution in [0.4, 0.5) is 24.5 Å². The zero-order valence-electron chi connectivity index (χ0n) is 14.2. The molecule has 0 unspecified atom stereocenters. The Labute approximate surface area is 145 Å². The van der Waals surface area contributed by atoms with Crippen LogP contribution < -0.4 is 10.6 Å². The standard InChI is InChI=1S/C19H21F3N2O/c1-13(2)14-3-7-17(8-4-14)24-18(25)11-12-23-16-9-5-15(6-10-16)19(20,21)22/h3-10,13,23H,11-12H2,1-2H3,(H,24,25). The van der Waals surface area contributed by atoms with Crippen LogP contribution in [0.5, 0.6) is 0 Å². The molecule has 0 spiro atoms. The number of rotatable bonds is 6. The number of anilines is 2. The third kappa shape index (κ3) is 5.81. The fourth-order valence-corrected chi connectivity index (χ4v) is 2.27. The van der Waals surface area contributed by atoms with Crippen molar-refractivity contribution in [3.8, 4) is 0 Å². The van der Waals surface area contributed by atoms with Crippen LogP contribution in [0, 0.1) is 0 Å². The van der Waals surface area contributed by atoms with Gasteiger partial charge in [0, 0.05) is 24.3 Å². The molecule has 0 saturated heterocycles. The van der Waals surface area contributed by atoms with E-state index in [-0.39, 0.29) is 12.3 Å². The molecule has 0 fully saturated rings. The minimum Gasteiger partial charge on any atom is -0.385 e. The smallest absolute Gasteiger partial charge is 0.385 e. The summed E-state index contributed by atoms with van der Waals surface area (Å²) < 4.78 is 37.4. The Hall–Kier alpha value is -2.50. The van der Waals surface area contributed by atoms with Crippen LogP contribution >= 0.6 is 0 Å². The molecule has 2 rings (SSSR count). The van der Waals surface area contributed by atoms with E-state index in [0.29, 0.717) is 18.2 Å². The van der Waals surface area contributed by atoms with E-state index in [9.17, 15) is 18.0 Å². The van der Waals surface area contributed by atoms with Crippen molar-refractivity contribution in [3.63, 3.8) is 0 Å². The van der Waals surface area contributed by atoms with Gasteiger partial charge in [0.15, 0.2) is 0 Å². The Balaban J connectivity index is 1.78. The molecule has 134 valence electrons. The van der Waals surface area contributed by atoms with Gasteiger partial charge in [0.25, 0.3) is 0 Å². The molecular weight excluding hydrogens is 329 g/mol. The van der Waals surface area contributed by atoms with Crippen LogP contribution in [-0.2, 0) is 11.0 Å². The Morgan fingerprint density at radius 1 is 0.960 bits per heavy atom. The van der Waals surface area contributed by atoms with Crippen LogP contribution in [0.25, 0.3) is 0 Å². The molecule has 2 N–H and O–H groups in total. The average Bonchev–Trinajstić information content (AvgIpc) is 2.55. The number of halogens is 3. The van der Waals surface area contributed by atoms with Crippen molar-refractivity contribution in [2.24, 2.45) is 0 Å². The molecule has 0 aromatic heterocycles. The lowest BCUT2D eigenvalue weighted by Gasteiger charge is -2.10. The van der Waals surface area contributed by atoms with Crippen LogP contribution in [0.2, 0.25) is 0 Å². The molecule has 0 atom stereocenters. The first kappa shape index (κ1) is 18.8. The Morgan fingerprint density at radius 2 is 1.52 bits per heavy atom. The quantitative estimate of drug-likeness (QED) is 0.745. The SMILES string of the molecule is CC(C)c1ccc(NC(=O)CCNc2ccc(C(F)(F)F)cc2)cc1. The minimum atomic E-state index is -4.34. The first-order valence-electron chi connectivity index (χ1n) is 8.06. The summed E-state index contributed by atoms with van der Waals surface area (Å²) in [6, 6.07) is 12.4. The van der Waals surface area contributed by atoms with E-state index < -0.39 is 11.7 Å². The van der Waals surface area contributed by atoms with Gasteiger partial charge in [0.05, 0.1) is 5.56 Å². The predicted octanol–water partition coefficient (Wildman–Crippen LogP) is 5.27. The lowest BCUT2D eigenvalue weighted by molar-refractivity contribution is -0.137. The van der Waals surface area contributed by atoms with Gasteiger partial charge in [-0.05, 0) is 47.9 Å². The van der Waals surface area contributed by atoms with E-state index in [2.05, 4.69) is 24.5 Å². The van der Waals surface area contributed by atoms with Gasteiger partial charge in [-0.2, -0.15) is 13.2 Å². The number of hydrogen-bond donors (Lipinski definition) is 2. The average molecular weight is 350 g/mol. The topological polar surface area (TPSA) is 41.1 Å². The summed E-state index contributed by atoms with van der Waals surface area (Å²) in [5.74, 6) is 0.273. The van der Waals surface area contributed by atoms with Gasteiger partial charge < -0.3 is 10.6 Å². The number of hydrogen-bond acceptors (Lipinski definition) is 2. The van der Waals surface area contributed by atoms with E-state index in [4.69, 9.17) is 0 Å². The van der Waals surface area contributed by atoms with Crippen LogP contribution in [-0.4, -0.2) is 12.5 Å². The van der Waals surface area contributed by atoms with Gasteiger partial charge in [0.1, 0.15) is 0 Å². The molecule has 1 amide bonds. The molecule has 0 heterocycles. The summed E-state index contributed by atoms with van der Waals surface area (Å²) in [5, 5.41) is 5.73. The molecule has 0 saturated carbocycles. The van der Waals surface area contributed by atoms with Crippen molar-refractivity contribution >= 4 is 17.3 Å². The maximum absolute atomic E-state index is 12.5. The lowest BCUT2D eigenvalue weighted by Crippen LogP contribution is -2.16. The van der Waals surface area contributed by atoms with Crippen molar-refractivity contribution < 1.29 is 18.0 Å². The van der Waals surface area contributed by atoms with Gasteiger partial charge >= 0.3 is 6.18 Å². The van der Waals surface area contributed by atoms with Gasteiger partial charge in [-0.25, -0.2) is 0 Å². The van der Waals surface area contributed by atoms with Crippen LogP contribution in [0.3, 0.4) is 0 Å². The number of nitrogens with one attached hydrogen (secondary N) is 2. The zero-order chi connectivity index (χ0) is 18.4. The van der Waals surface area contributed by atoms with Gasteiger partial charge in [-0.1, -0.05) is 26.0 Å². The molecule has 2 aromatic rings. The molecule has 0 bridgehead atoms. The maximum Gasteiger partial charge on any atom is 0.416 e. The molecule has 0 aliphatic carbocycles. The number of alkyl halides is 3. The summed E-state index contributed by atoms with van der Waals surface area (Å²) >= 11 is 0. The Bertz CT molecular complexity index is 692. The molecule has 0 radical (unpaired) electrons. The van der Waals surface area contributed by atoms with Gasteiger partial charge in [-0.3, -0.25) is 4.79 Å². The summed E-state index contributed by atoms with van der Waals surface area (Å²) in [6.07, 6.45) is -4.13. The fourth-order valence-electron chi connectivity index (χ4n) is 2.27. The van der Waals surface area contributed by atoms with Crippen molar-refractivity contribution in [2.75, 3.05) is 17.2 Å².